The number of benzene rings is 2. The van der Waals surface area contributed by atoms with Crippen LogP contribution in [-0.4, -0.2) is 49.7 Å². The zero-order valence-corrected chi connectivity index (χ0v) is 18.2. The second-order valence-electron chi connectivity index (χ2n) is 8.14. The lowest BCUT2D eigenvalue weighted by atomic mass is 9.87. The van der Waals surface area contributed by atoms with Gasteiger partial charge in [-0.05, 0) is 43.1 Å². The van der Waals surface area contributed by atoms with E-state index in [0.29, 0.717) is 37.4 Å². The van der Waals surface area contributed by atoms with Crippen LogP contribution in [0.15, 0.2) is 60.7 Å². The molecular weight excluding hydrogens is 390 g/mol. The predicted molar refractivity (Wildman–Crippen MR) is 121 cm³/mol. The van der Waals surface area contributed by atoms with Gasteiger partial charge in [0.15, 0.2) is 0 Å². The molecule has 1 aliphatic rings. The summed E-state index contributed by atoms with van der Waals surface area (Å²) in [7, 11) is 0. The number of hydrogen-bond donors (Lipinski definition) is 0. The zero-order chi connectivity index (χ0) is 21.7. The Morgan fingerprint density at radius 2 is 1.19 bits per heavy atom. The van der Waals surface area contributed by atoms with Crippen molar-refractivity contribution in [2.45, 2.75) is 38.5 Å². The summed E-state index contributed by atoms with van der Waals surface area (Å²) >= 11 is 0. The van der Waals surface area contributed by atoms with E-state index in [1.165, 1.54) is 32.1 Å². The van der Waals surface area contributed by atoms with E-state index in [1.54, 1.807) is 24.3 Å². The Morgan fingerprint density at radius 3 is 1.68 bits per heavy atom. The molecule has 0 saturated heterocycles. The second kappa shape index (κ2) is 12.9. The van der Waals surface area contributed by atoms with Crippen LogP contribution in [0.5, 0.6) is 0 Å². The van der Waals surface area contributed by atoms with Crippen molar-refractivity contribution in [2.24, 2.45) is 5.92 Å². The lowest BCUT2D eigenvalue weighted by molar-refractivity contribution is 0.0389. The molecule has 1 saturated carbocycles. The number of hydrogen-bond acceptors (Lipinski definition) is 5. The van der Waals surface area contributed by atoms with Gasteiger partial charge in [0.1, 0.15) is 13.2 Å². The van der Waals surface area contributed by atoms with E-state index >= 15 is 0 Å². The summed E-state index contributed by atoms with van der Waals surface area (Å²) in [5.74, 6) is 0.168. The van der Waals surface area contributed by atoms with Gasteiger partial charge in [-0.25, -0.2) is 9.59 Å². The molecule has 0 bridgehead atoms. The van der Waals surface area contributed by atoms with Crippen LogP contribution in [0.25, 0.3) is 0 Å². The minimum Gasteiger partial charge on any atom is -0.461 e. The first kappa shape index (κ1) is 23.0. The number of carbonyl (C=O) groups excluding carboxylic acids is 2. The molecule has 0 aliphatic heterocycles. The summed E-state index contributed by atoms with van der Waals surface area (Å²) in [5.41, 5.74) is 1.13. The summed E-state index contributed by atoms with van der Waals surface area (Å²) < 4.78 is 10.9. The van der Waals surface area contributed by atoms with Gasteiger partial charge < -0.3 is 9.47 Å². The van der Waals surface area contributed by atoms with Crippen molar-refractivity contribution in [3.63, 3.8) is 0 Å². The van der Waals surface area contributed by atoms with Gasteiger partial charge in [-0.15, -0.1) is 0 Å². The maximum atomic E-state index is 12.2. The Hall–Kier alpha value is -2.66. The molecule has 1 aliphatic carbocycles. The molecule has 1 fully saturated rings. The maximum absolute atomic E-state index is 12.2. The predicted octanol–water partition coefficient (Wildman–Crippen LogP) is 4.97. The fourth-order valence-electron chi connectivity index (χ4n) is 4.03. The molecule has 0 radical (unpaired) electrons. The van der Waals surface area contributed by atoms with Crippen molar-refractivity contribution >= 4 is 11.9 Å². The van der Waals surface area contributed by atoms with Gasteiger partial charge >= 0.3 is 11.9 Å². The summed E-state index contributed by atoms with van der Waals surface area (Å²) in [6.45, 7) is 2.84. The average Bonchev–Trinajstić information content (AvgIpc) is 2.83. The van der Waals surface area contributed by atoms with Gasteiger partial charge in [0.2, 0.25) is 0 Å². The number of rotatable bonds is 11. The van der Waals surface area contributed by atoms with Crippen LogP contribution in [0, 0.1) is 5.92 Å². The number of ether oxygens (including phenoxy) is 2. The van der Waals surface area contributed by atoms with Crippen LogP contribution < -0.4 is 0 Å². The molecule has 0 atom stereocenters. The Kier molecular flexibility index (Phi) is 9.58. The molecule has 0 amide bonds. The maximum Gasteiger partial charge on any atom is 0.338 e. The molecule has 166 valence electrons. The molecule has 5 heteroatoms. The number of esters is 2. The van der Waals surface area contributed by atoms with Crippen LogP contribution in [0.3, 0.4) is 0 Å². The van der Waals surface area contributed by atoms with Gasteiger partial charge in [0, 0.05) is 13.1 Å². The molecule has 2 aromatic carbocycles. The van der Waals surface area contributed by atoms with E-state index in [9.17, 15) is 9.59 Å². The normalized spacial score (nSPS) is 14.4. The van der Waals surface area contributed by atoms with Crippen LogP contribution in [0.1, 0.15) is 59.2 Å². The first-order valence-electron chi connectivity index (χ1n) is 11.4. The Labute approximate surface area is 185 Å². The Balaban J connectivity index is 1.45. The molecule has 2 aromatic rings. The van der Waals surface area contributed by atoms with Crippen molar-refractivity contribution in [3.05, 3.63) is 71.8 Å². The van der Waals surface area contributed by atoms with Crippen LogP contribution in [0.4, 0.5) is 0 Å². The Morgan fingerprint density at radius 1 is 0.710 bits per heavy atom. The standard InChI is InChI=1S/C26H33NO4/c28-25(23-12-6-2-7-13-23)30-20-18-27(17-16-22-10-4-1-5-11-22)19-21-31-26(29)24-14-8-3-9-15-24/h2-3,6-9,12-15,22H,1,4-5,10-11,16-21H2. The van der Waals surface area contributed by atoms with Crippen molar-refractivity contribution in [2.75, 3.05) is 32.8 Å². The molecule has 0 heterocycles. The molecule has 0 aromatic heterocycles. The highest BCUT2D eigenvalue weighted by molar-refractivity contribution is 5.89. The van der Waals surface area contributed by atoms with Gasteiger partial charge in [0.25, 0.3) is 0 Å². The summed E-state index contributed by atoms with van der Waals surface area (Å²) in [6, 6.07) is 18.1. The quantitative estimate of drug-likeness (QED) is 0.478. The van der Waals surface area contributed by atoms with Crippen molar-refractivity contribution < 1.29 is 19.1 Å². The van der Waals surface area contributed by atoms with Gasteiger partial charge in [0.05, 0.1) is 11.1 Å². The first-order valence-corrected chi connectivity index (χ1v) is 11.4. The summed E-state index contributed by atoms with van der Waals surface area (Å²) in [6.07, 6.45) is 7.76. The lowest BCUT2D eigenvalue weighted by Gasteiger charge is -2.27. The van der Waals surface area contributed by atoms with Crippen molar-refractivity contribution in [1.82, 2.24) is 4.90 Å². The largest absolute Gasteiger partial charge is 0.461 e. The van der Waals surface area contributed by atoms with E-state index < -0.39 is 0 Å². The smallest absolute Gasteiger partial charge is 0.338 e. The second-order valence-corrected chi connectivity index (χ2v) is 8.14. The lowest BCUT2D eigenvalue weighted by Crippen LogP contribution is -2.34. The Bertz CT molecular complexity index is 730. The number of carbonyl (C=O) groups is 2. The molecule has 31 heavy (non-hydrogen) atoms. The fraction of sp³-hybridized carbons (Fsp3) is 0.462. The third-order valence-electron chi connectivity index (χ3n) is 5.88. The molecule has 3 rings (SSSR count). The SMILES string of the molecule is O=C(OCCN(CCOC(=O)c1ccccc1)CCC1CCCCC1)c1ccccc1. The van der Waals surface area contributed by atoms with E-state index in [1.807, 2.05) is 36.4 Å². The van der Waals surface area contributed by atoms with E-state index in [0.717, 1.165) is 18.9 Å². The fourth-order valence-corrected chi connectivity index (χ4v) is 4.03. The minimum atomic E-state index is -0.302. The highest BCUT2D eigenvalue weighted by Gasteiger charge is 2.16. The zero-order valence-electron chi connectivity index (χ0n) is 18.2. The highest BCUT2D eigenvalue weighted by atomic mass is 16.5. The molecule has 0 N–H and O–H groups in total. The third kappa shape index (κ3) is 8.18. The first-order chi connectivity index (χ1) is 15.2. The van der Waals surface area contributed by atoms with Crippen LogP contribution in [-0.2, 0) is 9.47 Å². The van der Waals surface area contributed by atoms with E-state index in [4.69, 9.17) is 9.47 Å². The van der Waals surface area contributed by atoms with E-state index in [2.05, 4.69) is 4.90 Å². The average molecular weight is 424 g/mol. The van der Waals surface area contributed by atoms with Crippen molar-refractivity contribution in [3.8, 4) is 0 Å². The van der Waals surface area contributed by atoms with Crippen LogP contribution in [0.2, 0.25) is 0 Å². The summed E-state index contributed by atoms with van der Waals surface area (Å²) in [5, 5.41) is 0. The molecular formula is C26H33NO4. The van der Waals surface area contributed by atoms with Gasteiger partial charge in [-0.2, -0.15) is 0 Å². The minimum absolute atomic E-state index is 0.302. The summed E-state index contributed by atoms with van der Waals surface area (Å²) in [4.78, 5) is 26.6. The monoisotopic (exact) mass is 423 g/mol. The van der Waals surface area contributed by atoms with Crippen molar-refractivity contribution in [1.29, 1.82) is 0 Å². The molecule has 5 nitrogen and oxygen atoms in total. The van der Waals surface area contributed by atoms with Gasteiger partial charge in [-0.1, -0.05) is 68.5 Å². The van der Waals surface area contributed by atoms with Gasteiger partial charge in [-0.3, -0.25) is 4.90 Å². The molecule has 0 unspecified atom stereocenters. The topological polar surface area (TPSA) is 55.8 Å². The molecule has 0 spiro atoms. The highest BCUT2D eigenvalue weighted by Crippen LogP contribution is 2.26. The van der Waals surface area contributed by atoms with E-state index in [-0.39, 0.29) is 11.9 Å². The third-order valence-corrected chi connectivity index (χ3v) is 5.88. The number of nitrogens with zero attached hydrogens (tertiary/aromatic N) is 1. The van der Waals surface area contributed by atoms with Crippen LogP contribution >= 0.6 is 0 Å².